The fourth-order valence-electron chi connectivity index (χ4n) is 4.59. The van der Waals surface area contributed by atoms with E-state index in [0.29, 0.717) is 5.41 Å². The molecule has 2 aliphatic rings. The molecule has 2 saturated carbocycles. The van der Waals surface area contributed by atoms with E-state index in [4.69, 9.17) is 5.73 Å². The maximum absolute atomic E-state index is 5.88. The van der Waals surface area contributed by atoms with Gasteiger partial charge in [-0.05, 0) is 54.7 Å². The summed E-state index contributed by atoms with van der Waals surface area (Å²) in [6.07, 6.45) is 14.3. The topological polar surface area (TPSA) is 26.0 Å². The van der Waals surface area contributed by atoms with Gasteiger partial charge in [-0.3, -0.25) is 0 Å². The van der Waals surface area contributed by atoms with E-state index in [9.17, 15) is 0 Å². The first-order valence-electron chi connectivity index (χ1n) is 8.17. The second-order valence-electron chi connectivity index (χ2n) is 6.67. The molecule has 0 unspecified atom stereocenters. The predicted octanol–water partition coefficient (Wildman–Crippen LogP) is 5.05. The minimum atomic E-state index is 0.479. The molecule has 1 aromatic rings. The number of nitrogens with two attached hydrogens (primary N) is 1. The van der Waals surface area contributed by atoms with Crippen LogP contribution in [0.5, 0.6) is 0 Å². The Kier molecular flexibility index (Phi) is 3.81. The Bertz CT molecular complexity index is 394. The van der Waals surface area contributed by atoms with Gasteiger partial charge in [-0.1, -0.05) is 50.7 Å². The van der Waals surface area contributed by atoms with Crippen LogP contribution in [0.15, 0.2) is 24.3 Å². The lowest BCUT2D eigenvalue weighted by atomic mass is 9.58. The molecule has 2 aliphatic carbocycles. The minimum Gasteiger partial charge on any atom is -0.399 e. The molecule has 0 saturated heterocycles. The fourth-order valence-corrected chi connectivity index (χ4v) is 4.59. The van der Waals surface area contributed by atoms with Gasteiger partial charge in [-0.25, -0.2) is 0 Å². The van der Waals surface area contributed by atoms with E-state index in [1.165, 1.54) is 64.2 Å². The van der Waals surface area contributed by atoms with Crippen molar-refractivity contribution < 1.29 is 0 Å². The molecular weight excluding hydrogens is 230 g/mol. The van der Waals surface area contributed by atoms with E-state index in [-0.39, 0.29) is 0 Å². The van der Waals surface area contributed by atoms with E-state index in [0.717, 1.165) is 11.6 Å². The first-order chi connectivity index (χ1) is 9.31. The van der Waals surface area contributed by atoms with Crippen LogP contribution < -0.4 is 5.73 Å². The second kappa shape index (κ2) is 5.56. The Morgan fingerprint density at radius 3 is 2.00 bits per heavy atom. The summed E-state index contributed by atoms with van der Waals surface area (Å²) in [6.45, 7) is 0. The molecule has 2 N–H and O–H groups in total. The highest BCUT2D eigenvalue weighted by Gasteiger charge is 2.41. The monoisotopic (exact) mass is 257 g/mol. The molecule has 0 radical (unpaired) electrons. The molecule has 0 heterocycles. The zero-order valence-corrected chi connectivity index (χ0v) is 12.0. The third kappa shape index (κ3) is 2.52. The van der Waals surface area contributed by atoms with Crippen molar-refractivity contribution in [2.24, 2.45) is 5.92 Å². The molecule has 1 aromatic carbocycles. The Balaban J connectivity index is 1.93. The highest BCUT2D eigenvalue weighted by atomic mass is 14.5. The third-order valence-electron chi connectivity index (χ3n) is 5.62. The highest BCUT2D eigenvalue weighted by molar-refractivity contribution is 5.42. The third-order valence-corrected chi connectivity index (χ3v) is 5.62. The van der Waals surface area contributed by atoms with Crippen LogP contribution in [0.4, 0.5) is 5.69 Å². The summed E-state index contributed by atoms with van der Waals surface area (Å²) in [6, 6.07) is 8.84. The van der Waals surface area contributed by atoms with Crippen LogP contribution in [-0.4, -0.2) is 0 Å². The fraction of sp³-hybridized carbons (Fsp3) is 0.667. The largest absolute Gasteiger partial charge is 0.399 e. The van der Waals surface area contributed by atoms with Crippen LogP contribution in [0.3, 0.4) is 0 Å². The molecule has 0 aromatic heterocycles. The van der Waals surface area contributed by atoms with Crippen molar-refractivity contribution in [2.75, 3.05) is 5.73 Å². The van der Waals surface area contributed by atoms with E-state index < -0.39 is 0 Å². The summed E-state index contributed by atoms with van der Waals surface area (Å²) in [5.74, 6) is 0.921. The van der Waals surface area contributed by atoms with Gasteiger partial charge < -0.3 is 5.73 Å². The number of rotatable bonds is 2. The zero-order valence-electron chi connectivity index (χ0n) is 12.0. The van der Waals surface area contributed by atoms with Crippen LogP contribution in [0.1, 0.15) is 69.8 Å². The first-order valence-corrected chi connectivity index (χ1v) is 8.17. The van der Waals surface area contributed by atoms with Gasteiger partial charge in [-0.15, -0.1) is 0 Å². The number of anilines is 1. The highest BCUT2D eigenvalue weighted by Crippen LogP contribution is 2.50. The molecule has 0 aliphatic heterocycles. The van der Waals surface area contributed by atoms with Gasteiger partial charge >= 0.3 is 0 Å². The molecule has 2 fully saturated rings. The van der Waals surface area contributed by atoms with Gasteiger partial charge in [0, 0.05) is 5.69 Å². The quantitative estimate of drug-likeness (QED) is 0.737. The van der Waals surface area contributed by atoms with Gasteiger partial charge in [-0.2, -0.15) is 0 Å². The summed E-state index contributed by atoms with van der Waals surface area (Å²) < 4.78 is 0. The lowest BCUT2D eigenvalue weighted by molar-refractivity contribution is 0.148. The van der Waals surface area contributed by atoms with Crippen molar-refractivity contribution in [3.63, 3.8) is 0 Å². The van der Waals surface area contributed by atoms with Crippen molar-refractivity contribution in [2.45, 2.75) is 69.6 Å². The molecule has 0 amide bonds. The van der Waals surface area contributed by atoms with Crippen LogP contribution in [0, 0.1) is 5.92 Å². The van der Waals surface area contributed by atoms with Crippen LogP contribution in [0.2, 0.25) is 0 Å². The summed E-state index contributed by atoms with van der Waals surface area (Å²) >= 11 is 0. The average Bonchev–Trinajstić information content (AvgIpc) is 2.49. The Morgan fingerprint density at radius 1 is 0.789 bits per heavy atom. The molecule has 104 valence electrons. The Labute approximate surface area is 117 Å². The summed E-state index contributed by atoms with van der Waals surface area (Å²) in [7, 11) is 0. The summed E-state index contributed by atoms with van der Waals surface area (Å²) in [5, 5.41) is 0. The van der Waals surface area contributed by atoms with Crippen LogP contribution in [-0.2, 0) is 5.41 Å². The lowest BCUT2D eigenvalue weighted by Gasteiger charge is -2.46. The lowest BCUT2D eigenvalue weighted by Crippen LogP contribution is -2.38. The van der Waals surface area contributed by atoms with Gasteiger partial charge in [0.05, 0.1) is 0 Å². The molecule has 0 spiro atoms. The van der Waals surface area contributed by atoms with E-state index in [2.05, 4.69) is 24.3 Å². The van der Waals surface area contributed by atoms with Gasteiger partial charge in [0.25, 0.3) is 0 Å². The van der Waals surface area contributed by atoms with Crippen molar-refractivity contribution >= 4 is 5.69 Å². The Morgan fingerprint density at radius 2 is 1.37 bits per heavy atom. The van der Waals surface area contributed by atoms with Gasteiger partial charge in [0.1, 0.15) is 0 Å². The summed E-state index contributed by atoms with van der Waals surface area (Å²) in [5.41, 5.74) is 8.83. The molecule has 3 rings (SSSR count). The normalized spacial score (nSPS) is 24.2. The SMILES string of the molecule is Nc1ccc(C2(C3CCCCC3)CCCCC2)cc1. The van der Waals surface area contributed by atoms with Crippen molar-refractivity contribution in [3.8, 4) is 0 Å². The number of nitrogen functional groups attached to an aromatic ring is 1. The predicted molar refractivity (Wildman–Crippen MR) is 82.2 cm³/mol. The van der Waals surface area contributed by atoms with E-state index in [1.807, 2.05) is 0 Å². The molecule has 1 heteroatoms. The second-order valence-corrected chi connectivity index (χ2v) is 6.67. The van der Waals surface area contributed by atoms with Crippen molar-refractivity contribution in [1.29, 1.82) is 0 Å². The summed E-state index contributed by atoms with van der Waals surface area (Å²) in [4.78, 5) is 0. The van der Waals surface area contributed by atoms with Crippen molar-refractivity contribution in [1.82, 2.24) is 0 Å². The number of hydrogen-bond acceptors (Lipinski definition) is 1. The van der Waals surface area contributed by atoms with Crippen molar-refractivity contribution in [3.05, 3.63) is 29.8 Å². The van der Waals surface area contributed by atoms with Crippen LogP contribution in [0.25, 0.3) is 0 Å². The van der Waals surface area contributed by atoms with E-state index >= 15 is 0 Å². The van der Waals surface area contributed by atoms with Gasteiger partial charge in [0.2, 0.25) is 0 Å². The Hall–Kier alpha value is -0.980. The maximum Gasteiger partial charge on any atom is 0.0314 e. The molecule has 1 nitrogen and oxygen atoms in total. The van der Waals surface area contributed by atoms with Gasteiger partial charge in [0.15, 0.2) is 0 Å². The molecule has 19 heavy (non-hydrogen) atoms. The smallest absolute Gasteiger partial charge is 0.0314 e. The minimum absolute atomic E-state index is 0.479. The number of benzene rings is 1. The molecule has 0 bridgehead atoms. The van der Waals surface area contributed by atoms with Crippen LogP contribution >= 0.6 is 0 Å². The maximum atomic E-state index is 5.88. The molecular formula is C18H27N. The average molecular weight is 257 g/mol. The van der Waals surface area contributed by atoms with E-state index in [1.54, 1.807) is 5.56 Å². The molecule has 0 atom stereocenters. The standard InChI is InChI=1S/C18H27N/c19-17-11-9-16(10-12-17)18(13-5-2-6-14-18)15-7-3-1-4-8-15/h9-12,15H,1-8,13-14,19H2. The first kappa shape index (κ1) is 13.0. The number of hydrogen-bond donors (Lipinski definition) is 1. The zero-order chi connectivity index (χ0) is 13.1.